The number of benzene rings is 2. The summed E-state index contributed by atoms with van der Waals surface area (Å²) in [5, 5.41) is 2.81. The van der Waals surface area contributed by atoms with Crippen molar-refractivity contribution in [1.82, 2.24) is 15.1 Å². The second kappa shape index (κ2) is 8.82. The molecule has 2 aromatic rings. The lowest BCUT2D eigenvalue weighted by molar-refractivity contribution is -0.128. The van der Waals surface area contributed by atoms with Crippen LogP contribution in [-0.2, 0) is 24.4 Å². The summed E-state index contributed by atoms with van der Waals surface area (Å²) in [5.41, 5.74) is 2.16. The molecule has 1 N–H and O–H groups in total. The normalized spacial score (nSPS) is 13.7. The summed E-state index contributed by atoms with van der Waals surface area (Å²) >= 11 is 0. The Kier molecular flexibility index (Phi) is 6.23. The highest BCUT2D eigenvalue weighted by molar-refractivity contribution is 5.78. The standard InChI is InChI=1S/C21H23F2N3O2/c1-25(13-17-8-9-18(22)11-19(17)23)21(28)24-12-15-5-2-3-6-16(15)14-26-10-4-7-20(26)27/h2-3,5-6,8-9,11H,4,7,10,12-14H2,1H3,(H,24,28). The fourth-order valence-corrected chi connectivity index (χ4v) is 3.24. The summed E-state index contributed by atoms with van der Waals surface area (Å²) in [6.07, 6.45) is 1.46. The summed E-state index contributed by atoms with van der Waals surface area (Å²) in [6.45, 7) is 1.61. The highest BCUT2D eigenvalue weighted by Gasteiger charge is 2.21. The predicted molar refractivity (Wildman–Crippen MR) is 101 cm³/mol. The summed E-state index contributed by atoms with van der Waals surface area (Å²) in [7, 11) is 1.55. The number of carbonyl (C=O) groups excluding carboxylic acids is 2. The minimum absolute atomic E-state index is 0.0296. The van der Waals surface area contributed by atoms with Gasteiger partial charge in [-0.2, -0.15) is 0 Å². The van der Waals surface area contributed by atoms with Crippen LogP contribution >= 0.6 is 0 Å². The first-order chi connectivity index (χ1) is 13.4. The van der Waals surface area contributed by atoms with Crippen LogP contribution in [0, 0.1) is 11.6 Å². The van der Waals surface area contributed by atoms with Crippen LogP contribution in [0.4, 0.5) is 13.6 Å². The molecular formula is C21H23F2N3O2. The van der Waals surface area contributed by atoms with E-state index in [1.165, 1.54) is 17.0 Å². The average Bonchev–Trinajstić information content (AvgIpc) is 3.07. The first-order valence-electron chi connectivity index (χ1n) is 9.21. The highest BCUT2D eigenvalue weighted by atomic mass is 19.1. The minimum Gasteiger partial charge on any atom is -0.338 e. The third-order valence-electron chi connectivity index (χ3n) is 4.85. The van der Waals surface area contributed by atoms with E-state index in [9.17, 15) is 18.4 Å². The van der Waals surface area contributed by atoms with E-state index in [0.717, 1.165) is 30.2 Å². The molecule has 0 bridgehead atoms. The molecule has 1 heterocycles. The maximum atomic E-state index is 13.8. The summed E-state index contributed by atoms with van der Waals surface area (Å²) in [6, 6.07) is 10.6. The minimum atomic E-state index is -0.680. The van der Waals surface area contributed by atoms with E-state index in [1.807, 2.05) is 29.2 Å². The lowest BCUT2D eigenvalue weighted by Gasteiger charge is -2.21. The van der Waals surface area contributed by atoms with Gasteiger partial charge in [0.05, 0.1) is 0 Å². The molecule has 148 valence electrons. The molecule has 3 amide bonds. The number of likely N-dealkylation sites (tertiary alicyclic amines) is 1. The van der Waals surface area contributed by atoms with E-state index >= 15 is 0 Å². The number of halogens is 2. The Morgan fingerprint density at radius 2 is 1.89 bits per heavy atom. The van der Waals surface area contributed by atoms with Gasteiger partial charge in [-0.05, 0) is 23.6 Å². The van der Waals surface area contributed by atoms with Crippen molar-refractivity contribution in [2.75, 3.05) is 13.6 Å². The van der Waals surface area contributed by atoms with Gasteiger partial charge in [0.15, 0.2) is 0 Å². The quantitative estimate of drug-likeness (QED) is 0.826. The maximum Gasteiger partial charge on any atom is 0.317 e. The molecule has 0 aliphatic carbocycles. The van der Waals surface area contributed by atoms with E-state index in [-0.39, 0.29) is 24.0 Å². The van der Waals surface area contributed by atoms with Crippen molar-refractivity contribution in [3.05, 3.63) is 70.8 Å². The van der Waals surface area contributed by atoms with Crippen LogP contribution < -0.4 is 5.32 Å². The third-order valence-corrected chi connectivity index (χ3v) is 4.85. The van der Waals surface area contributed by atoms with Crippen molar-refractivity contribution < 1.29 is 18.4 Å². The Balaban J connectivity index is 1.59. The summed E-state index contributed by atoms with van der Waals surface area (Å²) in [4.78, 5) is 27.4. The van der Waals surface area contributed by atoms with Gasteiger partial charge in [0.25, 0.3) is 0 Å². The van der Waals surface area contributed by atoms with Crippen molar-refractivity contribution in [2.24, 2.45) is 0 Å². The SMILES string of the molecule is CN(Cc1ccc(F)cc1F)C(=O)NCc1ccccc1CN1CCCC1=O. The second-order valence-corrected chi connectivity index (χ2v) is 6.94. The molecular weight excluding hydrogens is 364 g/mol. The number of urea groups is 1. The van der Waals surface area contributed by atoms with Gasteiger partial charge in [-0.25, -0.2) is 13.6 Å². The lowest BCUT2D eigenvalue weighted by atomic mass is 10.1. The van der Waals surface area contributed by atoms with E-state index in [4.69, 9.17) is 0 Å². The lowest BCUT2D eigenvalue weighted by Crippen LogP contribution is -2.37. The molecule has 0 unspecified atom stereocenters. The van der Waals surface area contributed by atoms with E-state index in [0.29, 0.717) is 19.5 Å². The molecule has 5 nitrogen and oxygen atoms in total. The first kappa shape index (κ1) is 19.8. The fourth-order valence-electron chi connectivity index (χ4n) is 3.24. The average molecular weight is 387 g/mol. The van der Waals surface area contributed by atoms with Gasteiger partial charge in [-0.3, -0.25) is 4.79 Å². The summed E-state index contributed by atoms with van der Waals surface area (Å²) < 4.78 is 26.8. The monoisotopic (exact) mass is 387 g/mol. The number of nitrogens with one attached hydrogen (secondary N) is 1. The molecule has 1 aliphatic rings. The number of carbonyl (C=O) groups is 2. The van der Waals surface area contributed by atoms with Crippen molar-refractivity contribution in [2.45, 2.75) is 32.5 Å². The Morgan fingerprint density at radius 3 is 2.57 bits per heavy atom. The van der Waals surface area contributed by atoms with Gasteiger partial charge in [-0.15, -0.1) is 0 Å². The number of hydrogen-bond acceptors (Lipinski definition) is 2. The van der Waals surface area contributed by atoms with Crippen LogP contribution in [0.15, 0.2) is 42.5 Å². The number of amides is 3. The van der Waals surface area contributed by atoms with Crippen molar-refractivity contribution in [1.29, 1.82) is 0 Å². The van der Waals surface area contributed by atoms with Gasteiger partial charge in [0, 0.05) is 51.3 Å². The van der Waals surface area contributed by atoms with Crippen LogP contribution in [0.2, 0.25) is 0 Å². The predicted octanol–water partition coefficient (Wildman–Crippen LogP) is 3.43. The topological polar surface area (TPSA) is 52.7 Å². The van der Waals surface area contributed by atoms with E-state index < -0.39 is 11.6 Å². The Hall–Kier alpha value is -2.96. The van der Waals surface area contributed by atoms with Gasteiger partial charge >= 0.3 is 6.03 Å². The molecule has 0 saturated carbocycles. The number of hydrogen-bond donors (Lipinski definition) is 1. The number of nitrogens with zero attached hydrogens (tertiary/aromatic N) is 2. The second-order valence-electron chi connectivity index (χ2n) is 6.94. The molecule has 1 aliphatic heterocycles. The van der Waals surface area contributed by atoms with Crippen molar-refractivity contribution >= 4 is 11.9 Å². The van der Waals surface area contributed by atoms with Crippen LogP contribution in [0.1, 0.15) is 29.5 Å². The zero-order valence-electron chi connectivity index (χ0n) is 15.8. The van der Waals surface area contributed by atoms with Gasteiger partial charge < -0.3 is 15.1 Å². The van der Waals surface area contributed by atoms with Crippen LogP contribution in [0.5, 0.6) is 0 Å². The summed E-state index contributed by atoms with van der Waals surface area (Å²) in [5.74, 6) is -1.18. The zero-order valence-corrected chi connectivity index (χ0v) is 15.8. The van der Waals surface area contributed by atoms with Crippen molar-refractivity contribution in [3.8, 4) is 0 Å². The largest absolute Gasteiger partial charge is 0.338 e. The molecule has 28 heavy (non-hydrogen) atoms. The number of rotatable bonds is 6. The zero-order chi connectivity index (χ0) is 20.1. The molecule has 0 spiro atoms. The maximum absolute atomic E-state index is 13.8. The molecule has 0 radical (unpaired) electrons. The highest BCUT2D eigenvalue weighted by Crippen LogP contribution is 2.17. The molecule has 0 aromatic heterocycles. The van der Waals surface area contributed by atoms with Gasteiger partial charge in [0.1, 0.15) is 11.6 Å². The molecule has 2 aromatic carbocycles. The van der Waals surface area contributed by atoms with Crippen LogP contribution in [0.25, 0.3) is 0 Å². The molecule has 7 heteroatoms. The van der Waals surface area contributed by atoms with Gasteiger partial charge in [0.2, 0.25) is 5.91 Å². The first-order valence-corrected chi connectivity index (χ1v) is 9.21. The fraction of sp³-hybridized carbons (Fsp3) is 0.333. The van der Waals surface area contributed by atoms with Crippen molar-refractivity contribution in [3.63, 3.8) is 0 Å². The van der Waals surface area contributed by atoms with Crippen LogP contribution in [-0.4, -0.2) is 35.3 Å². The Morgan fingerprint density at radius 1 is 1.14 bits per heavy atom. The molecule has 1 fully saturated rings. The third kappa shape index (κ3) is 4.85. The van der Waals surface area contributed by atoms with E-state index in [1.54, 1.807) is 7.05 Å². The Labute approximate surface area is 162 Å². The smallest absolute Gasteiger partial charge is 0.317 e. The van der Waals surface area contributed by atoms with Gasteiger partial charge in [-0.1, -0.05) is 30.3 Å². The Bertz CT molecular complexity index is 872. The molecule has 3 rings (SSSR count). The molecule has 0 atom stereocenters. The molecule has 1 saturated heterocycles. The van der Waals surface area contributed by atoms with Crippen LogP contribution in [0.3, 0.4) is 0 Å². The van der Waals surface area contributed by atoms with E-state index in [2.05, 4.69) is 5.32 Å².